The van der Waals surface area contributed by atoms with Gasteiger partial charge in [-0.15, -0.1) is 22.7 Å². The Bertz CT molecular complexity index is 1250. The van der Waals surface area contributed by atoms with E-state index in [9.17, 15) is 9.59 Å². The summed E-state index contributed by atoms with van der Waals surface area (Å²) in [6.07, 6.45) is 4.61. The number of hydrogen-bond donors (Lipinski definition) is 0. The fraction of sp³-hybridized carbons (Fsp3) is 0.250. The molecule has 130 valence electrons. The Morgan fingerprint density at radius 2 is 2.08 bits per heavy atom. The number of aryl methyl sites for hydroxylation is 3. The Labute approximate surface area is 157 Å². The van der Waals surface area contributed by atoms with Crippen LogP contribution in [0, 0.1) is 6.92 Å². The van der Waals surface area contributed by atoms with Crippen molar-refractivity contribution in [3.8, 4) is 0 Å². The number of carbonyl (C=O) groups excluding carboxylic acids is 1. The molecule has 0 fully saturated rings. The SMILES string of the molecule is Cc1c(C(=O)Cn2cnc3sc4c(c3c2=O)CCC4)sc2ccccc12. The van der Waals surface area contributed by atoms with Gasteiger partial charge in [-0.1, -0.05) is 18.2 Å². The van der Waals surface area contributed by atoms with Gasteiger partial charge in [0, 0.05) is 9.58 Å². The average Bonchev–Trinajstić information content (AvgIpc) is 3.31. The molecule has 3 aromatic heterocycles. The third kappa shape index (κ3) is 2.29. The van der Waals surface area contributed by atoms with Crippen molar-refractivity contribution in [2.24, 2.45) is 0 Å². The number of thiophene rings is 2. The number of carbonyl (C=O) groups is 1. The number of aromatic nitrogens is 2. The fourth-order valence-electron chi connectivity index (χ4n) is 3.80. The molecule has 4 nitrogen and oxygen atoms in total. The van der Waals surface area contributed by atoms with Crippen LogP contribution in [0.1, 0.15) is 32.1 Å². The van der Waals surface area contributed by atoms with Crippen LogP contribution in [-0.4, -0.2) is 15.3 Å². The zero-order valence-corrected chi connectivity index (χ0v) is 15.9. The van der Waals surface area contributed by atoms with Crippen molar-refractivity contribution in [2.75, 3.05) is 0 Å². The first-order chi connectivity index (χ1) is 12.6. The Kier molecular flexibility index (Phi) is 3.58. The molecule has 0 atom stereocenters. The highest BCUT2D eigenvalue weighted by atomic mass is 32.1. The van der Waals surface area contributed by atoms with Crippen LogP contribution in [0.25, 0.3) is 20.3 Å². The molecule has 3 heterocycles. The van der Waals surface area contributed by atoms with E-state index in [4.69, 9.17) is 0 Å². The first-order valence-corrected chi connectivity index (χ1v) is 10.3. The average molecular weight is 380 g/mol. The van der Waals surface area contributed by atoms with Gasteiger partial charge in [0.25, 0.3) is 5.56 Å². The van der Waals surface area contributed by atoms with Crippen molar-refractivity contribution >= 4 is 48.8 Å². The van der Waals surface area contributed by atoms with E-state index in [0.29, 0.717) is 0 Å². The second-order valence-electron chi connectivity index (χ2n) is 6.69. The Balaban J connectivity index is 1.56. The number of nitrogens with zero attached hydrogens (tertiary/aromatic N) is 2. The zero-order chi connectivity index (χ0) is 17.8. The van der Waals surface area contributed by atoms with E-state index >= 15 is 0 Å². The Hall–Kier alpha value is -2.31. The minimum Gasteiger partial charge on any atom is -0.291 e. The Morgan fingerprint density at radius 1 is 1.23 bits per heavy atom. The molecule has 4 aromatic rings. The molecule has 1 aliphatic carbocycles. The summed E-state index contributed by atoms with van der Waals surface area (Å²) in [5, 5.41) is 1.84. The molecule has 0 bridgehead atoms. The summed E-state index contributed by atoms with van der Waals surface area (Å²) in [6, 6.07) is 8.02. The normalized spacial score (nSPS) is 13.6. The third-order valence-electron chi connectivity index (χ3n) is 5.10. The fourth-order valence-corrected chi connectivity index (χ4v) is 6.16. The predicted molar refractivity (Wildman–Crippen MR) is 107 cm³/mol. The van der Waals surface area contributed by atoms with Crippen LogP contribution < -0.4 is 5.56 Å². The molecular weight excluding hydrogens is 364 g/mol. The summed E-state index contributed by atoms with van der Waals surface area (Å²) < 4.78 is 2.57. The third-order valence-corrected chi connectivity index (χ3v) is 7.62. The maximum atomic E-state index is 13.0. The molecule has 0 N–H and O–H groups in total. The van der Waals surface area contributed by atoms with Gasteiger partial charge in [0.2, 0.25) is 0 Å². The minimum absolute atomic E-state index is 0.0289. The van der Waals surface area contributed by atoms with Gasteiger partial charge in [0.05, 0.1) is 23.1 Å². The molecular formula is C20H16N2O2S2. The lowest BCUT2D eigenvalue weighted by atomic mass is 10.1. The monoisotopic (exact) mass is 380 g/mol. The molecule has 26 heavy (non-hydrogen) atoms. The van der Waals surface area contributed by atoms with Crippen LogP contribution in [-0.2, 0) is 19.4 Å². The second-order valence-corrected chi connectivity index (χ2v) is 8.83. The largest absolute Gasteiger partial charge is 0.291 e. The summed E-state index contributed by atoms with van der Waals surface area (Å²) in [6.45, 7) is 2.02. The lowest BCUT2D eigenvalue weighted by Crippen LogP contribution is -2.24. The van der Waals surface area contributed by atoms with Crippen molar-refractivity contribution in [1.82, 2.24) is 9.55 Å². The standard InChI is InChI=1S/C20H16N2O2S2/c1-11-12-5-2-3-7-15(12)25-18(11)14(23)9-22-10-21-19-17(20(22)24)13-6-4-8-16(13)26-19/h2-3,5,7,10H,4,6,8-9H2,1H3. The second kappa shape index (κ2) is 5.86. The van der Waals surface area contributed by atoms with E-state index < -0.39 is 0 Å². The number of benzene rings is 1. The van der Waals surface area contributed by atoms with Crippen molar-refractivity contribution in [1.29, 1.82) is 0 Å². The maximum absolute atomic E-state index is 13.0. The van der Waals surface area contributed by atoms with E-state index in [-0.39, 0.29) is 17.9 Å². The summed E-state index contributed by atoms with van der Waals surface area (Å²) in [4.78, 5) is 33.1. The molecule has 6 heteroatoms. The summed E-state index contributed by atoms with van der Waals surface area (Å²) in [7, 11) is 0. The predicted octanol–water partition coefficient (Wildman–Crippen LogP) is 4.35. The molecule has 5 rings (SSSR count). The first kappa shape index (κ1) is 15.9. The van der Waals surface area contributed by atoms with Crippen LogP contribution in [0.2, 0.25) is 0 Å². The van der Waals surface area contributed by atoms with E-state index in [0.717, 1.165) is 55.6 Å². The van der Waals surface area contributed by atoms with E-state index in [1.807, 2.05) is 31.2 Å². The zero-order valence-electron chi connectivity index (χ0n) is 14.2. The number of ketones is 1. The molecule has 0 saturated heterocycles. The molecule has 1 aromatic carbocycles. The number of fused-ring (bicyclic) bond motifs is 4. The van der Waals surface area contributed by atoms with Crippen molar-refractivity contribution in [3.05, 3.63) is 61.8 Å². The lowest BCUT2D eigenvalue weighted by Gasteiger charge is -2.05. The number of Topliss-reactive ketones (excluding diaryl/α,β-unsaturated/α-hetero) is 1. The summed E-state index contributed by atoms with van der Waals surface area (Å²) in [5.74, 6) is -0.0289. The molecule has 0 unspecified atom stereocenters. The van der Waals surface area contributed by atoms with Crippen LogP contribution in [0.15, 0.2) is 35.4 Å². The van der Waals surface area contributed by atoms with Gasteiger partial charge in [-0.2, -0.15) is 0 Å². The summed E-state index contributed by atoms with van der Waals surface area (Å²) >= 11 is 3.12. The van der Waals surface area contributed by atoms with Crippen LogP contribution in [0.5, 0.6) is 0 Å². The molecule has 0 spiro atoms. The molecule has 1 aliphatic rings. The molecule has 0 amide bonds. The van der Waals surface area contributed by atoms with Crippen molar-refractivity contribution in [3.63, 3.8) is 0 Å². The van der Waals surface area contributed by atoms with Gasteiger partial charge in [-0.25, -0.2) is 4.98 Å². The van der Waals surface area contributed by atoms with E-state index in [1.165, 1.54) is 27.1 Å². The van der Waals surface area contributed by atoms with Gasteiger partial charge in [-0.05, 0) is 48.8 Å². The van der Waals surface area contributed by atoms with Gasteiger partial charge in [0.1, 0.15) is 4.83 Å². The lowest BCUT2D eigenvalue weighted by molar-refractivity contribution is 0.0974. The molecule has 0 aliphatic heterocycles. The van der Waals surface area contributed by atoms with Crippen molar-refractivity contribution in [2.45, 2.75) is 32.7 Å². The first-order valence-electron chi connectivity index (χ1n) is 8.64. The van der Waals surface area contributed by atoms with E-state index in [1.54, 1.807) is 11.3 Å². The highest BCUT2D eigenvalue weighted by molar-refractivity contribution is 7.21. The molecule has 0 saturated carbocycles. The van der Waals surface area contributed by atoms with Gasteiger partial charge < -0.3 is 0 Å². The Morgan fingerprint density at radius 3 is 2.92 bits per heavy atom. The summed E-state index contributed by atoms with van der Waals surface area (Å²) in [5.41, 5.74) is 2.07. The quantitative estimate of drug-likeness (QED) is 0.497. The van der Waals surface area contributed by atoms with Crippen LogP contribution in [0.4, 0.5) is 0 Å². The van der Waals surface area contributed by atoms with Gasteiger partial charge >= 0.3 is 0 Å². The number of hydrogen-bond acceptors (Lipinski definition) is 5. The maximum Gasteiger partial charge on any atom is 0.262 e. The number of rotatable bonds is 3. The van der Waals surface area contributed by atoms with Gasteiger partial charge in [0.15, 0.2) is 5.78 Å². The van der Waals surface area contributed by atoms with Gasteiger partial charge in [-0.3, -0.25) is 14.2 Å². The van der Waals surface area contributed by atoms with E-state index in [2.05, 4.69) is 4.98 Å². The smallest absolute Gasteiger partial charge is 0.262 e. The minimum atomic E-state index is -0.0819. The van der Waals surface area contributed by atoms with Crippen LogP contribution in [0.3, 0.4) is 0 Å². The highest BCUT2D eigenvalue weighted by Gasteiger charge is 2.22. The molecule has 0 radical (unpaired) electrons. The topological polar surface area (TPSA) is 52.0 Å². The van der Waals surface area contributed by atoms with Crippen LogP contribution >= 0.6 is 22.7 Å². The highest BCUT2D eigenvalue weighted by Crippen LogP contribution is 2.34. The van der Waals surface area contributed by atoms with Crippen molar-refractivity contribution < 1.29 is 4.79 Å².